The predicted molar refractivity (Wildman–Crippen MR) is 58.5 cm³/mol. The Balaban J connectivity index is 2.10. The first-order valence-electron chi connectivity index (χ1n) is 4.76. The smallest absolute Gasteiger partial charge is 0.376 e. The minimum atomic E-state index is -4.24. The lowest BCUT2D eigenvalue weighted by molar-refractivity contribution is -0.144. The lowest BCUT2D eigenvalue weighted by atomic mass is 10.0. The second-order valence-electron chi connectivity index (χ2n) is 3.66. The molecule has 0 aliphatic carbocycles. The van der Waals surface area contributed by atoms with Gasteiger partial charge in [0.2, 0.25) is 0 Å². The zero-order valence-electron chi connectivity index (χ0n) is 8.51. The number of hydrogen-bond acceptors (Lipinski definition) is 3. The fraction of sp³-hybridized carbons (Fsp3) is 0.400. The summed E-state index contributed by atoms with van der Waals surface area (Å²) < 4.78 is 37.6. The molecule has 2 N–H and O–H groups in total. The van der Waals surface area contributed by atoms with Crippen LogP contribution in [0.1, 0.15) is 6.92 Å². The number of rotatable bonds is 1. The summed E-state index contributed by atoms with van der Waals surface area (Å²) in [6, 6.07) is -1.56. The van der Waals surface area contributed by atoms with Crippen molar-refractivity contribution < 1.29 is 13.2 Å². The van der Waals surface area contributed by atoms with Crippen molar-refractivity contribution in [1.82, 2.24) is 10.6 Å². The molecule has 0 aromatic rings. The summed E-state index contributed by atoms with van der Waals surface area (Å²) in [4.78, 5) is 0. The van der Waals surface area contributed by atoms with Crippen LogP contribution in [0, 0.1) is 0 Å². The lowest BCUT2D eigenvalue weighted by Gasteiger charge is -2.27. The summed E-state index contributed by atoms with van der Waals surface area (Å²) in [6.07, 6.45) is 0.571. The molecule has 0 radical (unpaired) electrons. The quantitative estimate of drug-likeness (QED) is 0.745. The van der Waals surface area contributed by atoms with E-state index in [0.717, 1.165) is 5.57 Å². The van der Waals surface area contributed by atoms with Crippen molar-refractivity contribution >= 4 is 11.8 Å². The Morgan fingerprint density at radius 3 is 2.56 bits per heavy atom. The van der Waals surface area contributed by atoms with Crippen LogP contribution in [0.4, 0.5) is 13.2 Å². The summed E-state index contributed by atoms with van der Waals surface area (Å²) in [6.45, 7) is 1.49. The summed E-state index contributed by atoms with van der Waals surface area (Å²) in [5, 5.41) is 7.34. The number of dihydropyridines is 1. The highest BCUT2D eigenvalue weighted by Gasteiger charge is 2.41. The van der Waals surface area contributed by atoms with E-state index in [-0.39, 0.29) is 5.37 Å². The van der Waals surface area contributed by atoms with E-state index in [1.807, 2.05) is 5.41 Å². The molecule has 2 rings (SSSR count). The van der Waals surface area contributed by atoms with Gasteiger partial charge in [-0.3, -0.25) is 0 Å². The van der Waals surface area contributed by atoms with Crippen molar-refractivity contribution in [2.24, 2.45) is 0 Å². The first-order valence-corrected chi connectivity index (χ1v) is 5.70. The Morgan fingerprint density at radius 2 is 2.06 bits per heavy atom. The van der Waals surface area contributed by atoms with Gasteiger partial charge in [0.15, 0.2) is 0 Å². The van der Waals surface area contributed by atoms with Gasteiger partial charge in [-0.2, -0.15) is 13.2 Å². The molecule has 88 valence electrons. The van der Waals surface area contributed by atoms with Gasteiger partial charge in [-0.1, -0.05) is 6.08 Å². The molecule has 2 aliphatic rings. The standard InChI is InChI=1S/C10H11F3N2S/c1-6-4-7(9-14-2-3-16-9)5-15-8(6)10(11,12)13/h2-5,8-9,14-15H,1H3. The van der Waals surface area contributed by atoms with Crippen molar-refractivity contribution in [3.05, 3.63) is 35.0 Å². The van der Waals surface area contributed by atoms with E-state index >= 15 is 0 Å². The summed E-state index contributed by atoms with van der Waals surface area (Å²) in [7, 11) is 0. The Kier molecular flexibility index (Phi) is 2.92. The van der Waals surface area contributed by atoms with Crippen LogP contribution in [-0.2, 0) is 0 Å². The predicted octanol–water partition coefficient (Wildman–Crippen LogP) is 2.48. The molecule has 0 aromatic carbocycles. The Hall–Kier alpha value is -1.04. The molecule has 16 heavy (non-hydrogen) atoms. The van der Waals surface area contributed by atoms with Crippen molar-refractivity contribution in [3.63, 3.8) is 0 Å². The van der Waals surface area contributed by atoms with Gasteiger partial charge in [0.05, 0.1) is 0 Å². The van der Waals surface area contributed by atoms with Crippen molar-refractivity contribution in [2.75, 3.05) is 0 Å². The number of alkyl halides is 3. The van der Waals surface area contributed by atoms with Crippen LogP contribution < -0.4 is 10.6 Å². The molecule has 0 amide bonds. The Labute approximate surface area is 95.7 Å². The molecule has 2 unspecified atom stereocenters. The molecule has 6 heteroatoms. The van der Waals surface area contributed by atoms with E-state index in [9.17, 15) is 13.2 Å². The van der Waals surface area contributed by atoms with Crippen LogP contribution in [-0.4, -0.2) is 17.6 Å². The zero-order valence-corrected chi connectivity index (χ0v) is 9.32. The average Bonchev–Trinajstić information content (AvgIpc) is 2.68. The van der Waals surface area contributed by atoms with E-state index in [4.69, 9.17) is 0 Å². The molecule has 0 saturated heterocycles. The van der Waals surface area contributed by atoms with Gasteiger partial charge in [0, 0.05) is 18.0 Å². The highest BCUT2D eigenvalue weighted by Crippen LogP contribution is 2.31. The molecule has 2 nitrogen and oxygen atoms in total. The SMILES string of the molecule is CC1=CC(C2NC=CS2)=CNC1C(F)(F)F. The third kappa shape index (κ3) is 2.21. The van der Waals surface area contributed by atoms with Gasteiger partial charge in [-0.15, -0.1) is 11.8 Å². The van der Waals surface area contributed by atoms with Crippen LogP contribution >= 0.6 is 11.8 Å². The molecule has 0 aromatic heterocycles. The molecular formula is C10H11F3N2S. The van der Waals surface area contributed by atoms with Crippen LogP contribution in [0.3, 0.4) is 0 Å². The monoisotopic (exact) mass is 248 g/mol. The summed E-state index contributed by atoms with van der Waals surface area (Å²) in [5.74, 6) is 0. The maximum absolute atomic E-state index is 12.5. The summed E-state index contributed by atoms with van der Waals surface area (Å²) >= 11 is 1.53. The summed E-state index contributed by atoms with van der Waals surface area (Å²) in [5.41, 5.74) is 1.12. The maximum atomic E-state index is 12.5. The van der Waals surface area contributed by atoms with Gasteiger partial charge in [-0.05, 0) is 17.9 Å². The third-order valence-electron chi connectivity index (χ3n) is 2.43. The second-order valence-corrected chi connectivity index (χ2v) is 4.68. The van der Waals surface area contributed by atoms with Crippen LogP contribution in [0.5, 0.6) is 0 Å². The normalized spacial score (nSPS) is 29.2. The van der Waals surface area contributed by atoms with E-state index in [1.54, 1.807) is 12.3 Å². The van der Waals surface area contributed by atoms with E-state index in [0.29, 0.717) is 5.57 Å². The van der Waals surface area contributed by atoms with Crippen molar-refractivity contribution in [1.29, 1.82) is 0 Å². The Bertz CT molecular complexity index is 363. The highest BCUT2D eigenvalue weighted by molar-refractivity contribution is 8.03. The Morgan fingerprint density at radius 1 is 1.31 bits per heavy atom. The van der Waals surface area contributed by atoms with Crippen LogP contribution in [0.25, 0.3) is 0 Å². The number of nitrogens with one attached hydrogen (secondary N) is 2. The molecule has 2 atom stereocenters. The van der Waals surface area contributed by atoms with Gasteiger partial charge in [0.25, 0.3) is 0 Å². The first-order chi connectivity index (χ1) is 7.48. The average molecular weight is 248 g/mol. The van der Waals surface area contributed by atoms with E-state index in [1.165, 1.54) is 24.9 Å². The van der Waals surface area contributed by atoms with E-state index in [2.05, 4.69) is 10.6 Å². The second kappa shape index (κ2) is 4.08. The molecule has 2 aliphatic heterocycles. The largest absolute Gasteiger partial charge is 0.412 e. The maximum Gasteiger partial charge on any atom is 0.412 e. The van der Waals surface area contributed by atoms with Crippen molar-refractivity contribution in [2.45, 2.75) is 24.5 Å². The lowest BCUT2D eigenvalue weighted by Crippen LogP contribution is -2.43. The number of halogens is 3. The van der Waals surface area contributed by atoms with Gasteiger partial charge in [-0.25, -0.2) is 0 Å². The molecule has 2 heterocycles. The number of thioether (sulfide) groups is 1. The topological polar surface area (TPSA) is 24.1 Å². The molecule has 0 bridgehead atoms. The van der Waals surface area contributed by atoms with Crippen LogP contribution in [0.15, 0.2) is 35.0 Å². The fourth-order valence-corrected chi connectivity index (χ4v) is 2.43. The highest BCUT2D eigenvalue weighted by atomic mass is 32.2. The van der Waals surface area contributed by atoms with E-state index < -0.39 is 12.2 Å². The molecule has 0 spiro atoms. The van der Waals surface area contributed by atoms with Gasteiger partial charge >= 0.3 is 6.18 Å². The first kappa shape index (κ1) is 11.4. The molecular weight excluding hydrogens is 237 g/mol. The minimum Gasteiger partial charge on any atom is -0.376 e. The van der Waals surface area contributed by atoms with Gasteiger partial charge < -0.3 is 10.6 Å². The third-order valence-corrected chi connectivity index (χ3v) is 3.40. The fourth-order valence-electron chi connectivity index (χ4n) is 1.66. The molecule has 0 fully saturated rings. The zero-order chi connectivity index (χ0) is 11.8. The molecule has 0 saturated carbocycles. The minimum absolute atomic E-state index is 0.0108. The van der Waals surface area contributed by atoms with Crippen molar-refractivity contribution in [3.8, 4) is 0 Å². The van der Waals surface area contributed by atoms with Gasteiger partial charge in [0.1, 0.15) is 11.4 Å². The van der Waals surface area contributed by atoms with Crippen LogP contribution in [0.2, 0.25) is 0 Å². The number of hydrogen-bond donors (Lipinski definition) is 2.